The van der Waals surface area contributed by atoms with Crippen LogP contribution in [0.15, 0.2) is 53.7 Å². The third kappa shape index (κ3) is 3.08. The van der Waals surface area contributed by atoms with Gasteiger partial charge in [-0.05, 0) is 18.2 Å². The molecular formula is C11H10N2O3S. The Morgan fingerprint density at radius 3 is 2.29 bits per heavy atom. The highest BCUT2D eigenvalue weighted by molar-refractivity contribution is 7.86. The molecule has 1 aromatic carbocycles. The van der Waals surface area contributed by atoms with Crippen molar-refractivity contribution in [2.24, 2.45) is 0 Å². The Bertz CT molecular complexity index is 570. The Balaban J connectivity index is 2.09. The van der Waals surface area contributed by atoms with E-state index in [1.807, 2.05) is 0 Å². The van der Waals surface area contributed by atoms with E-state index in [-0.39, 0.29) is 11.5 Å². The largest absolute Gasteiger partial charge is 0.297 e. The first-order chi connectivity index (χ1) is 8.18. The molecule has 88 valence electrons. The van der Waals surface area contributed by atoms with Crippen LogP contribution in [0.1, 0.15) is 5.82 Å². The lowest BCUT2D eigenvalue weighted by Crippen LogP contribution is -2.07. The van der Waals surface area contributed by atoms with Crippen molar-refractivity contribution < 1.29 is 12.6 Å². The Morgan fingerprint density at radius 2 is 1.65 bits per heavy atom. The molecule has 0 fully saturated rings. The minimum Gasteiger partial charge on any atom is -0.258 e. The van der Waals surface area contributed by atoms with Crippen LogP contribution in [0, 0.1) is 0 Å². The van der Waals surface area contributed by atoms with Gasteiger partial charge >= 0.3 is 0 Å². The van der Waals surface area contributed by atoms with E-state index in [2.05, 4.69) is 9.97 Å². The number of hydrogen-bond donors (Lipinski definition) is 0. The quantitative estimate of drug-likeness (QED) is 0.767. The molecule has 0 aliphatic rings. The van der Waals surface area contributed by atoms with Crippen molar-refractivity contribution in [2.45, 2.75) is 11.5 Å². The van der Waals surface area contributed by atoms with Gasteiger partial charge in [0.05, 0.1) is 4.90 Å². The fraction of sp³-hybridized carbons (Fsp3) is 0.0909. The summed E-state index contributed by atoms with van der Waals surface area (Å²) < 4.78 is 28.3. The van der Waals surface area contributed by atoms with Crippen LogP contribution in [0.5, 0.6) is 0 Å². The van der Waals surface area contributed by atoms with E-state index in [0.29, 0.717) is 5.82 Å². The molecule has 0 saturated heterocycles. The second kappa shape index (κ2) is 5.03. The predicted molar refractivity (Wildman–Crippen MR) is 60.4 cm³/mol. The lowest BCUT2D eigenvalue weighted by Gasteiger charge is -2.04. The van der Waals surface area contributed by atoms with Crippen LogP contribution >= 0.6 is 0 Å². The van der Waals surface area contributed by atoms with Crippen molar-refractivity contribution >= 4 is 10.1 Å². The molecule has 0 aliphatic heterocycles. The van der Waals surface area contributed by atoms with Crippen LogP contribution in [0.25, 0.3) is 0 Å². The van der Waals surface area contributed by atoms with Gasteiger partial charge < -0.3 is 0 Å². The zero-order valence-electron chi connectivity index (χ0n) is 8.85. The smallest absolute Gasteiger partial charge is 0.258 e. The van der Waals surface area contributed by atoms with Gasteiger partial charge in [0.1, 0.15) is 6.61 Å². The van der Waals surface area contributed by atoms with E-state index in [9.17, 15) is 8.42 Å². The highest BCUT2D eigenvalue weighted by Crippen LogP contribution is 2.12. The van der Waals surface area contributed by atoms with Crippen molar-refractivity contribution in [3.63, 3.8) is 0 Å². The van der Waals surface area contributed by atoms with E-state index >= 15 is 0 Å². The summed E-state index contributed by atoms with van der Waals surface area (Å²) in [7, 11) is -3.74. The van der Waals surface area contributed by atoms with Crippen molar-refractivity contribution in [3.05, 3.63) is 54.6 Å². The zero-order chi connectivity index (χ0) is 12.1. The molecule has 0 bridgehead atoms. The highest BCUT2D eigenvalue weighted by Gasteiger charge is 2.14. The second-order valence-electron chi connectivity index (χ2n) is 3.19. The summed E-state index contributed by atoms with van der Waals surface area (Å²) in [6.45, 7) is -0.169. The SMILES string of the molecule is O=S(=O)(OCc1ncccn1)c1ccccc1. The Kier molecular flexibility index (Phi) is 3.46. The molecule has 0 spiro atoms. The van der Waals surface area contributed by atoms with Gasteiger partial charge in [0.2, 0.25) is 0 Å². The topological polar surface area (TPSA) is 69.2 Å². The number of rotatable bonds is 4. The molecule has 17 heavy (non-hydrogen) atoms. The molecule has 0 radical (unpaired) electrons. The van der Waals surface area contributed by atoms with Crippen LogP contribution in [0.3, 0.4) is 0 Å². The van der Waals surface area contributed by atoms with Crippen molar-refractivity contribution in [1.29, 1.82) is 0 Å². The monoisotopic (exact) mass is 250 g/mol. The number of benzene rings is 1. The normalized spacial score (nSPS) is 11.3. The molecule has 2 aromatic rings. The van der Waals surface area contributed by atoms with E-state index < -0.39 is 10.1 Å². The predicted octanol–water partition coefficient (Wildman–Crippen LogP) is 1.38. The number of aromatic nitrogens is 2. The summed E-state index contributed by atoms with van der Waals surface area (Å²) in [6, 6.07) is 9.60. The summed E-state index contributed by atoms with van der Waals surface area (Å²) in [6.07, 6.45) is 3.06. The minimum atomic E-state index is -3.74. The van der Waals surface area contributed by atoms with Crippen LogP contribution in [-0.2, 0) is 20.9 Å². The van der Waals surface area contributed by atoms with Crippen LogP contribution in [0.4, 0.5) is 0 Å². The van der Waals surface area contributed by atoms with Gasteiger partial charge in [0, 0.05) is 12.4 Å². The first-order valence-corrected chi connectivity index (χ1v) is 6.30. The molecule has 5 nitrogen and oxygen atoms in total. The molecule has 1 heterocycles. The average molecular weight is 250 g/mol. The summed E-state index contributed by atoms with van der Waals surface area (Å²) in [4.78, 5) is 7.87. The van der Waals surface area contributed by atoms with Crippen LogP contribution < -0.4 is 0 Å². The summed E-state index contributed by atoms with van der Waals surface area (Å²) >= 11 is 0. The first kappa shape index (κ1) is 11.7. The lowest BCUT2D eigenvalue weighted by molar-refractivity contribution is 0.298. The minimum absolute atomic E-state index is 0.121. The van der Waals surface area contributed by atoms with Gasteiger partial charge in [0.15, 0.2) is 5.82 Å². The van der Waals surface area contributed by atoms with Crippen molar-refractivity contribution in [1.82, 2.24) is 9.97 Å². The lowest BCUT2D eigenvalue weighted by atomic mass is 10.4. The van der Waals surface area contributed by atoms with Gasteiger partial charge in [-0.15, -0.1) is 0 Å². The molecule has 0 unspecified atom stereocenters. The third-order valence-electron chi connectivity index (χ3n) is 1.99. The summed E-state index contributed by atoms with van der Waals surface area (Å²) in [5.74, 6) is 0.326. The maximum Gasteiger partial charge on any atom is 0.297 e. The van der Waals surface area contributed by atoms with Gasteiger partial charge in [-0.2, -0.15) is 8.42 Å². The summed E-state index contributed by atoms with van der Waals surface area (Å²) in [5, 5.41) is 0. The fourth-order valence-corrected chi connectivity index (χ4v) is 2.08. The molecule has 0 amide bonds. The Morgan fingerprint density at radius 1 is 1.00 bits per heavy atom. The van der Waals surface area contributed by atoms with Gasteiger partial charge in [-0.25, -0.2) is 9.97 Å². The van der Waals surface area contributed by atoms with E-state index in [1.54, 1.807) is 24.3 Å². The fourth-order valence-electron chi connectivity index (χ4n) is 1.19. The van der Waals surface area contributed by atoms with E-state index in [1.165, 1.54) is 24.5 Å². The molecule has 0 saturated carbocycles. The molecule has 2 rings (SSSR count). The van der Waals surface area contributed by atoms with E-state index in [4.69, 9.17) is 4.18 Å². The third-order valence-corrected chi connectivity index (χ3v) is 3.27. The highest BCUT2D eigenvalue weighted by atomic mass is 32.2. The van der Waals surface area contributed by atoms with E-state index in [0.717, 1.165) is 0 Å². The summed E-state index contributed by atoms with van der Waals surface area (Å²) in [5.41, 5.74) is 0. The molecule has 0 atom stereocenters. The Hall–Kier alpha value is -1.79. The second-order valence-corrected chi connectivity index (χ2v) is 4.81. The van der Waals surface area contributed by atoms with Gasteiger partial charge in [-0.3, -0.25) is 4.18 Å². The molecule has 6 heteroatoms. The number of nitrogens with zero attached hydrogens (tertiary/aromatic N) is 2. The van der Waals surface area contributed by atoms with Gasteiger partial charge in [0.25, 0.3) is 10.1 Å². The molecule has 0 N–H and O–H groups in total. The van der Waals surface area contributed by atoms with Gasteiger partial charge in [-0.1, -0.05) is 18.2 Å². The maximum absolute atomic E-state index is 11.7. The molecule has 0 aliphatic carbocycles. The molecular weight excluding hydrogens is 240 g/mol. The standard InChI is InChI=1S/C11H10N2O3S/c14-17(15,10-5-2-1-3-6-10)16-9-11-12-7-4-8-13-11/h1-8H,9H2. The maximum atomic E-state index is 11.7. The molecule has 1 aromatic heterocycles. The van der Waals surface area contributed by atoms with Crippen molar-refractivity contribution in [2.75, 3.05) is 0 Å². The number of hydrogen-bond acceptors (Lipinski definition) is 5. The average Bonchev–Trinajstić information content (AvgIpc) is 2.39. The van der Waals surface area contributed by atoms with Crippen molar-refractivity contribution in [3.8, 4) is 0 Å². The Labute approximate surface area is 99.2 Å². The zero-order valence-corrected chi connectivity index (χ0v) is 9.67. The first-order valence-electron chi connectivity index (χ1n) is 4.89. The van der Waals surface area contributed by atoms with Crippen LogP contribution in [-0.4, -0.2) is 18.4 Å². The van der Waals surface area contributed by atoms with Crippen LogP contribution in [0.2, 0.25) is 0 Å².